The van der Waals surface area contributed by atoms with Crippen molar-refractivity contribution in [2.24, 2.45) is 0 Å². The van der Waals surface area contributed by atoms with E-state index in [2.05, 4.69) is 10.6 Å². The first-order valence-corrected chi connectivity index (χ1v) is 14.1. The van der Waals surface area contributed by atoms with Gasteiger partial charge in [0, 0.05) is 18.8 Å². The van der Waals surface area contributed by atoms with Gasteiger partial charge < -0.3 is 15.4 Å². The number of urea groups is 1. The number of morpholine rings is 1. The number of amides is 4. The number of ether oxygens (including phenoxy) is 1. The van der Waals surface area contributed by atoms with Crippen molar-refractivity contribution in [3.63, 3.8) is 0 Å². The van der Waals surface area contributed by atoms with E-state index in [-0.39, 0.29) is 30.2 Å². The first-order valence-electron chi connectivity index (χ1n) is 12.7. The minimum Gasteiger partial charge on any atom is -0.373 e. The highest BCUT2D eigenvalue weighted by atomic mass is 32.2. The number of imide groups is 1. The number of carbonyl (C=O) groups is 3. The average molecular weight is 551 g/mol. The van der Waals surface area contributed by atoms with Crippen LogP contribution in [-0.2, 0) is 29.9 Å². The lowest BCUT2D eigenvalue weighted by atomic mass is 9.88. The summed E-state index contributed by atoms with van der Waals surface area (Å²) in [6.07, 6.45) is -0.426. The standard InChI is InChI=1S/C28H30N4O6S/c1-18-15-31(16-19(2)38-18)39(36,37)22-13-11-21(12-14-22)29-25(33)17-32-26(34)28(3,30-27(32)35)24-10-6-8-20-7-4-5-9-23(20)24/h4-14,18-19H,15-17H2,1-3H3,(H,29,33)(H,30,35)/t18-,19-,28+/m0/s1. The van der Waals surface area contributed by atoms with Crippen molar-refractivity contribution in [1.82, 2.24) is 14.5 Å². The number of rotatable bonds is 6. The Kier molecular flexibility index (Phi) is 6.91. The molecule has 2 aliphatic heterocycles. The summed E-state index contributed by atoms with van der Waals surface area (Å²) in [4.78, 5) is 40.0. The zero-order chi connectivity index (χ0) is 27.9. The van der Waals surface area contributed by atoms with Gasteiger partial charge in [0.2, 0.25) is 15.9 Å². The zero-order valence-corrected chi connectivity index (χ0v) is 22.7. The molecule has 2 aliphatic rings. The first kappa shape index (κ1) is 26.8. The van der Waals surface area contributed by atoms with Gasteiger partial charge in [0.15, 0.2) is 0 Å². The van der Waals surface area contributed by atoms with Gasteiger partial charge in [-0.05, 0) is 61.4 Å². The molecule has 3 atom stereocenters. The summed E-state index contributed by atoms with van der Waals surface area (Å²) >= 11 is 0. The number of sulfonamides is 1. The number of fused-ring (bicyclic) bond motifs is 1. The molecule has 2 N–H and O–H groups in total. The van der Waals surface area contributed by atoms with Crippen LogP contribution in [0.15, 0.2) is 71.6 Å². The zero-order valence-electron chi connectivity index (χ0n) is 21.9. The molecule has 5 rings (SSSR count). The van der Waals surface area contributed by atoms with E-state index in [1.165, 1.54) is 28.6 Å². The molecule has 204 valence electrons. The Morgan fingerprint density at radius 3 is 2.33 bits per heavy atom. The fourth-order valence-electron chi connectivity index (χ4n) is 5.21. The van der Waals surface area contributed by atoms with Gasteiger partial charge in [-0.1, -0.05) is 42.5 Å². The van der Waals surface area contributed by atoms with Crippen LogP contribution >= 0.6 is 0 Å². The number of nitrogens with one attached hydrogen (secondary N) is 2. The van der Waals surface area contributed by atoms with Crippen molar-refractivity contribution in [3.05, 3.63) is 72.3 Å². The van der Waals surface area contributed by atoms with Gasteiger partial charge in [0.1, 0.15) is 12.1 Å². The van der Waals surface area contributed by atoms with Gasteiger partial charge in [-0.3, -0.25) is 14.5 Å². The highest BCUT2D eigenvalue weighted by molar-refractivity contribution is 7.89. The van der Waals surface area contributed by atoms with Crippen LogP contribution in [0.3, 0.4) is 0 Å². The lowest BCUT2D eigenvalue weighted by Crippen LogP contribution is -2.48. The summed E-state index contributed by atoms with van der Waals surface area (Å²) in [6, 6.07) is 18.2. The number of hydrogen-bond donors (Lipinski definition) is 2. The third-order valence-electron chi connectivity index (χ3n) is 7.07. The lowest BCUT2D eigenvalue weighted by molar-refractivity contribution is -0.133. The minimum atomic E-state index is -3.73. The maximum atomic E-state index is 13.4. The van der Waals surface area contributed by atoms with Crippen LogP contribution in [-0.4, -0.2) is 67.3 Å². The molecule has 3 aromatic rings. The SMILES string of the molecule is C[C@H]1CN(S(=O)(=O)c2ccc(NC(=O)CN3C(=O)N[C@](C)(c4cccc5ccccc45)C3=O)cc2)C[C@H](C)O1. The Morgan fingerprint density at radius 1 is 1.00 bits per heavy atom. The molecular weight excluding hydrogens is 520 g/mol. The number of nitrogens with zero attached hydrogens (tertiary/aromatic N) is 2. The molecule has 0 saturated carbocycles. The molecule has 0 unspecified atom stereocenters. The predicted octanol–water partition coefficient (Wildman–Crippen LogP) is 3.04. The van der Waals surface area contributed by atoms with Crippen LogP contribution in [0.1, 0.15) is 26.3 Å². The van der Waals surface area contributed by atoms with Gasteiger partial charge in [-0.15, -0.1) is 0 Å². The number of carbonyl (C=O) groups excluding carboxylic acids is 3. The molecule has 0 spiro atoms. The highest BCUT2D eigenvalue weighted by Gasteiger charge is 2.50. The molecule has 0 aromatic heterocycles. The summed E-state index contributed by atoms with van der Waals surface area (Å²) in [6.45, 7) is 5.31. The third-order valence-corrected chi connectivity index (χ3v) is 8.91. The Morgan fingerprint density at radius 2 is 1.64 bits per heavy atom. The Balaban J connectivity index is 1.27. The fraction of sp³-hybridized carbons (Fsp3) is 0.321. The Bertz CT molecular complexity index is 1540. The molecular formula is C28H30N4O6S. The second-order valence-electron chi connectivity index (χ2n) is 10.1. The van der Waals surface area contributed by atoms with E-state index in [0.717, 1.165) is 15.7 Å². The van der Waals surface area contributed by atoms with E-state index >= 15 is 0 Å². The molecule has 11 heteroatoms. The quantitative estimate of drug-likeness (QED) is 0.455. The van der Waals surface area contributed by atoms with E-state index in [4.69, 9.17) is 4.74 Å². The van der Waals surface area contributed by atoms with Crippen molar-refractivity contribution in [1.29, 1.82) is 0 Å². The summed E-state index contributed by atoms with van der Waals surface area (Å²) in [7, 11) is -3.73. The molecule has 2 heterocycles. The fourth-order valence-corrected chi connectivity index (χ4v) is 6.81. The smallest absolute Gasteiger partial charge is 0.325 e. The third kappa shape index (κ3) is 5.00. The van der Waals surface area contributed by atoms with Crippen LogP contribution in [0.2, 0.25) is 0 Å². The number of anilines is 1. The number of benzene rings is 3. The average Bonchev–Trinajstić information content (AvgIpc) is 3.11. The van der Waals surface area contributed by atoms with Crippen molar-refractivity contribution in [2.75, 3.05) is 25.0 Å². The van der Waals surface area contributed by atoms with Crippen molar-refractivity contribution in [2.45, 2.75) is 43.4 Å². The topological polar surface area (TPSA) is 125 Å². The largest absolute Gasteiger partial charge is 0.373 e. The molecule has 2 fully saturated rings. The molecule has 4 amide bonds. The van der Waals surface area contributed by atoms with E-state index in [9.17, 15) is 22.8 Å². The maximum Gasteiger partial charge on any atom is 0.325 e. The monoisotopic (exact) mass is 550 g/mol. The second-order valence-corrected chi connectivity index (χ2v) is 12.1. The van der Waals surface area contributed by atoms with Gasteiger partial charge in [-0.2, -0.15) is 4.31 Å². The van der Waals surface area contributed by atoms with Crippen LogP contribution < -0.4 is 10.6 Å². The molecule has 0 aliphatic carbocycles. The van der Waals surface area contributed by atoms with Gasteiger partial charge in [0.25, 0.3) is 5.91 Å². The van der Waals surface area contributed by atoms with Crippen LogP contribution in [0.4, 0.5) is 10.5 Å². The summed E-state index contributed by atoms with van der Waals surface area (Å²) in [5.74, 6) is -1.12. The molecule has 10 nitrogen and oxygen atoms in total. The highest BCUT2D eigenvalue weighted by Crippen LogP contribution is 2.34. The van der Waals surface area contributed by atoms with E-state index in [0.29, 0.717) is 11.3 Å². The van der Waals surface area contributed by atoms with E-state index < -0.39 is 40.0 Å². The summed E-state index contributed by atoms with van der Waals surface area (Å²) < 4.78 is 33.2. The van der Waals surface area contributed by atoms with Gasteiger partial charge in [-0.25, -0.2) is 13.2 Å². The number of hydrogen-bond acceptors (Lipinski definition) is 6. The van der Waals surface area contributed by atoms with Crippen molar-refractivity contribution < 1.29 is 27.5 Å². The van der Waals surface area contributed by atoms with Crippen molar-refractivity contribution >= 4 is 44.3 Å². The van der Waals surface area contributed by atoms with Crippen LogP contribution in [0, 0.1) is 0 Å². The molecule has 2 saturated heterocycles. The normalized spacial score (nSPS) is 24.1. The van der Waals surface area contributed by atoms with Gasteiger partial charge >= 0.3 is 6.03 Å². The minimum absolute atomic E-state index is 0.0988. The first-order chi connectivity index (χ1) is 18.5. The molecule has 3 aromatic carbocycles. The summed E-state index contributed by atoms with van der Waals surface area (Å²) in [5.41, 5.74) is -0.350. The Labute approximate surface area is 227 Å². The Hall–Kier alpha value is -3.80. The maximum absolute atomic E-state index is 13.4. The van der Waals surface area contributed by atoms with Crippen LogP contribution in [0.25, 0.3) is 10.8 Å². The van der Waals surface area contributed by atoms with Crippen LogP contribution in [0.5, 0.6) is 0 Å². The second kappa shape index (κ2) is 10.1. The molecule has 0 bridgehead atoms. The van der Waals surface area contributed by atoms with E-state index in [1.54, 1.807) is 13.0 Å². The summed E-state index contributed by atoms with van der Waals surface area (Å²) in [5, 5.41) is 7.14. The molecule has 39 heavy (non-hydrogen) atoms. The van der Waals surface area contributed by atoms with Crippen molar-refractivity contribution in [3.8, 4) is 0 Å². The predicted molar refractivity (Wildman–Crippen MR) is 145 cm³/mol. The van der Waals surface area contributed by atoms with E-state index in [1.807, 2.05) is 50.2 Å². The molecule has 0 radical (unpaired) electrons. The lowest BCUT2D eigenvalue weighted by Gasteiger charge is -2.34. The van der Waals surface area contributed by atoms with Gasteiger partial charge in [0.05, 0.1) is 17.1 Å².